The normalized spacial score (nSPS) is 11.4. The predicted octanol–water partition coefficient (Wildman–Crippen LogP) is 2.38. The van der Waals surface area contributed by atoms with Crippen molar-refractivity contribution >= 4 is 17.3 Å². The van der Waals surface area contributed by atoms with Crippen LogP contribution in [0.4, 0.5) is 15.8 Å². The molecule has 0 atom stereocenters. The molecule has 0 bridgehead atoms. The minimum absolute atomic E-state index is 0.0886. The largest absolute Gasteiger partial charge is 0.488 e. The van der Waals surface area contributed by atoms with E-state index in [9.17, 15) is 9.18 Å². The predicted molar refractivity (Wildman–Crippen MR) is 82.9 cm³/mol. The molecule has 1 amide bonds. The second-order valence-electron chi connectivity index (χ2n) is 5.85. The highest BCUT2D eigenvalue weighted by Crippen LogP contribution is 2.30. The highest BCUT2D eigenvalue weighted by Gasteiger charge is 2.26. The molecule has 1 aromatic rings. The van der Waals surface area contributed by atoms with Gasteiger partial charge in [0.15, 0.2) is 11.6 Å². The van der Waals surface area contributed by atoms with E-state index in [0.717, 1.165) is 0 Å². The summed E-state index contributed by atoms with van der Waals surface area (Å²) >= 11 is 0. The fraction of sp³-hybridized carbons (Fsp3) is 0.533. The van der Waals surface area contributed by atoms with Crippen LogP contribution in [-0.2, 0) is 4.79 Å². The summed E-state index contributed by atoms with van der Waals surface area (Å²) in [5.41, 5.74) is 6.00. The number of hydrogen-bond acceptors (Lipinski definition) is 4. The molecule has 6 heteroatoms. The summed E-state index contributed by atoms with van der Waals surface area (Å²) in [6.45, 7) is 7.62. The maximum absolute atomic E-state index is 13.8. The van der Waals surface area contributed by atoms with E-state index in [2.05, 4.69) is 10.6 Å². The van der Waals surface area contributed by atoms with Gasteiger partial charge in [0.05, 0.1) is 22.9 Å². The number of carbonyl (C=O) groups is 1. The Hall–Kier alpha value is -1.98. The van der Waals surface area contributed by atoms with Crippen LogP contribution >= 0.6 is 0 Å². The third-order valence-corrected chi connectivity index (χ3v) is 3.03. The number of nitrogens with one attached hydrogen (secondary N) is 2. The number of anilines is 2. The zero-order chi connectivity index (χ0) is 16.2. The Morgan fingerprint density at radius 1 is 1.43 bits per heavy atom. The number of hydrogen-bond donors (Lipinski definition) is 3. The van der Waals surface area contributed by atoms with Gasteiger partial charge in [0.1, 0.15) is 0 Å². The maximum Gasteiger partial charge on any atom is 0.227 e. The summed E-state index contributed by atoms with van der Waals surface area (Å²) in [7, 11) is 1.59. The van der Waals surface area contributed by atoms with Crippen molar-refractivity contribution in [3.8, 4) is 5.75 Å². The topological polar surface area (TPSA) is 76.4 Å². The molecule has 1 aromatic carbocycles. The number of nitrogens with two attached hydrogens (primary N) is 1. The Bertz CT molecular complexity index is 516. The molecule has 0 unspecified atom stereocenters. The number of carbonyl (C=O) groups excluding carboxylic acids is 1. The van der Waals surface area contributed by atoms with E-state index in [1.54, 1.807) is 7.05 Å². The summed E-state index contributed by atoms with van der Waals surface area (Å²) in [6.07, 6.45) is -0.140. The van der Waals surface area contributed by atoms with Crippen molar-refractivity contribution in [2.75, 3.05) is 24.6 Å². The summed E-state index contributed by atoms with van der Waals surface area (Å²) in [5.74, 6) is -0.453. The van der Waals surface area contributed by atoms with Gasteiger partial charge in [0.2, 0.25) is 5.91 Å². The van der Waals surface area contributed by atoms with Crippen molar-refractivity contribution in [1.29, 1.82) is 0 Å². The van der Waals surface area contributed by atoms with Gasteiger partial charge in [-0.15, -0.1) is 0 Å². The van der Waals surface area contributed by atoms with Crippen LogP contribution in [0.5, 0.6) is 5.75 Å². The smallest absolute Gasteiger partial charge is 0.227 e. The zero-order valence-electron chi connectivity index (χ0n) is 13.2. The number of ether oxygens (including phenoxy) is 1. The molecule has 0 aliphatic heterocycles. The maximum atomic E-state index is 13.8. The van der Waals surface area contributed by atoms with Crippen molar-refractivity contribution in [3.63, 3.8) is 0 Å². The standard InChI is InChI=1S/C15H24FN3O2/c1-9(2)21-13-7-12(11(17)6-10(13)16)19-8-15(3,4)14(20)18-5/h6-7,9,19H,8,17H2,1-5H3,(H,18,20). The summed E-state index contributed by atoms with van der Waals surface area (Å²) in [6, 6.07) is 2.73. The molecule has 0 saturated carbocycles. The molecule has 0 radical (unpaired) electrons. The highest BCUT2D eigenvalue weighted by molar-refractivity contribution is 5.82. The molecule has 5 nitrogen and oxygen atoms in total. The lowest BCUT2D eigenvalue weighted by molar-refractivity contribution is -0.128. The highest BCUT2D eigenvalue weighted by atomic mass is 19.1. The second kappa shape index (κ2) is 6.65. The van der Waals surface area contributed by atoms with E-state index in [1.165, 1.54) is 12.1 Å². The lowest BCUT2D eigenvalue weighted by Gasteiger charge is -2.24. The molecule has 0 fully saturated rings. The van der Waals surface area contributed by atoms with Crippen LogP contribution in [0.3, 0.4) is 0 Å². The molecule has 0 heterocycles. The number of benzene rings is 1. The van der Waals surface area contributed by atoms with Gasteiger partial charge in [0, 0.05) is 25.7 Å². The molecule has 21 heavy (non-hydrogen) atoms. The summed E-state index contributed by atoms with van der Waals surface area (Å²) in [4.78, 5) is 11.7. The van der Waals surface area contributed by atoms with Crippen LogP contribution < -0.4 is 21.1 Å². The van der Waals surface area contributed by atoms with Gasteiger partial charge in [-0.25, -0.2) is 4.39 Å². The first-order chi connectivity index (χ1) is 9.67. The van der Waals surface area contributed by atoms with Crippen molar-refractivity contribution < 1.29 is 13.9 Å². The van der Waals surface area contributed by atoms with E-state index >= 15 is 0 Å². The van der Waals surface area contributed by atoms with Crippen LogP contribution in [0.15, 0.2) is 12.1 Å². The van der Waals surface area contributed by atoms with Crippen molar-refractivity contribution in [3.05, 3.63) is 17.9 Å². The van der Waals surface area contributed by atoms with Gasteiger partial charge in [-0.3, -0.25) is 4.79 Å². The summed E-state index contributed by atoms with van der Waals surface area (Å²) < 4.78 is 19.1. The molecule has 0 aliphatic rings. The van der Waals surface area contributed by atoms with Gasteiger partial charge in [0.25, 0.3) is 0 Å². The van der Waals surface area contributed by atoms with Gasteiger partial charge in [-0.2, -0.15) is 0 Å². The first-order valence-corrected chi connectivity index (χ1v) is 6.89. The van der Waals surface area contributed by atoms with E-state index < -0.39 is 11.2 Å². The quantitative estimate of drug-likeness (QED) is 0.705. The molecular weight excluding hydrogens is 273 g/mol. The van der Waals surface area contributed by atoms with Crippen LogP contribution in [0.25, 0.3) is 0 Å². The first-order valence-electron chi connectivity index (χ1n) is 6.89. The van der Waals surface area contributed by atoms with E-state index in [0.29, 0.717) is 12.2 Å². The van der Waals surface area contributed by atoms with E-state index in [4.69, 9.17) is 10.5 Å². The molecule has 4 N–H and O–H groups in total. The molecule has 118 valence electrons. The van der Waals surface area contributed by atoms with Crippen LogP contribution in [0, 0.1) is 11.2 Å². The van der Waals surface area contributed by atoms with Crippen molar-refractivity contribution in [1.82, 2.24) is 5.32 Å². The second-order valence-corrected chi connectivity index (χ2v) is 5.85. The number of halogens is 1. The average Bonchev–Trinajstić information content (AvgIpc) is 2.39. The molecule has 0 aromatic heterocycles. The van der Waals surface area contributed by atoms with Crippen molar-refractivity contribution in [2.24, 2.45) is 5.41 Å². The van der Waals surface area contributed by atoms with Crippen LogP contribution in [0.1, 0.15) is 27.7 Å². The lowest BCUT2D eigenvalue weighted by Crippen LogP contribution is -2.39. The molecular formula is C15H24FN3O2. The van der Waals surface area contributed by atoms with Gasteiger partial charge in [-0.05, 0) is 27.7 Å². The number of nitrogen functional groups attached to an aromatic ring is 1. The monoisotopic (exact) mass is 297 g/mol. The lowest BCUT2D eigenvalue weighted by atomic mass is 9.92. The third-order valence-electron chi connectivity index (χ3n) is 3.03. The minimum atomic E-state index is -0.616. The van der Waals surface area contributed by atoms with E-state index in [-0.39, 0.29) is 23.4 Å². The summed E-state index contributed by atoms with van der Waals surface area (Å²) in [5, 5.41) is 5.68. The Labute approximate surface area is 125 Å². The van der Waals surface area contributed by atoms with Crippen molar-refractivity contribution in [2.45, 2.75) is 33.8 Å². The molecule has 0 aliphatic carbocycles. The number of amides is 1. The third kappa shape index (κ3) is 4.51. The van der Waals surface area contributed by atoms with Crippen LogP contribution in [-0.4, -0.2) is 25.6 Å². The van der Waals surface area contributed by atoms with Crippen LogP contribution in [0.2, 0.25) is 0 Å². The minimum Gasteiger partial charge on any atom is -0.488 e. The Morgan fingerprint density at radius 2 is 2.05 bits per heavy atom. The fourth-order valence-electron chi connectivity index (χ4n) is 1.80. The Morgan fingerprint density at radius 3 is 2.57 bits per heavy atom. The average molecular weight is 297 g/mol. The van der Waals surface area contributed by atoms with Gasteiger partial charge >= 0.3 is 0 Å². The number of rotatable bonds is 6. The Kier molecular flexibility index (Phi) is 5.41. The zero-order valence-corrected chi connectivity index (χ0v) is 13.2. The Balaban J connectivity index is 2.91. The fourth-order valence-corrected chi connectivity index (χ4v) is 1.80. The van der Waals surface area contributed by atoms with E-state index in [1.807, 2.05) is 27.7 Å². The molecule has 1 rings (SSSR count). The SMILES string of the molecule is CNC(=O)C(C)(C)CNc1cc(OC(C)C)c(F)cc1N. The van der Waals surface area contributed by atoms with Gasteiger partial charge in [-0.1, -0.05) is 0 Å². The van der Waals surface area contributed by atoms with Gasteiger partial charge < -0.3 is 21.1 Å². The first kappa shape index (κ1) is 17.1. The molecule has 0 spiro atoms. The molecule has 0 saturated heterocycles.